The van der Waals surface area contributed by atoms with Crippen LogP contribution in [0.3, 0.4) is 0 Å². The van der Waals surface area contributed by atoms with Crippen LogP contribution in [0.15, 0.2) is 18.2 Å². The van der Waals surface area contributed by atoms with Crippen LogP contribution in [0, 0.1) is 0 Å². The van der Waals surface area contributed by atoms with Crippen LogP contribution < -0.4 is 11.3 Å². The molecule has 0 amide bonds. The zero-order valence-electron chi connectivity index (χ0n) is 10.7. The third-order valence-electron chi connectivity index (χ3n) is 3.81. The Balaban J connectivity index is 1.53. The summed E-state index contributed by atoms with van der Waals surface area (Å²) in [6.07, 6.45) is 2.82. The second-order valence-electron chi connectivity index (χ2n) is 5.20. The van der Waals surface area contributed by atoms with Crippen molar-refractivity contribution in [3.05, 3.63) is 23.9 Å². The van der Waals surface area contributed by atoms with Gasteiger partial charge in [0.25, 0.3) is 0 Å². The third kappa shape index (κ3) is 2.80. The molecular weight excluding hydrogens is 226 g/mol. The summed E-state index contributed by atoms with van der Waals surface area (Å²) in [5.41, 5.74) is 3.69. The van der Waals surface area contributed by atoms with Crippen molar-refractivity contribution in [1.29, 1.82) is 0 Å². The Hall–Kier alpha value is -1.17. The van der Waals surface area contributed by atoms with Crippen LogP contribution in [0.4, 0.5) is 5.82 Å². The highest BCUT2D eigenvalue weighted by Gasteiger charge is 2.31. The Morgan fingerprint density at radius 3 is 2.67 bits per heavy atom. The fourth-order valence-electron chi connectivity index (χ4n) is 2.60. The number of piperazine rings is 1. The molecule has 1 saturated carbocycles. The molecule has 3 rings (SSSR count). The fraction of sp³-hybridized carbons (Fsp3) is 0.615. The van der Waals surface area contributed by atoms with Crippen LogP contribution >= 0.6 is 0 Å². The molecule has 5 heteroatoms. The average Bonchev–Trinajstić information content (AvgIpc) is 3.24. The molecule has 5 nitrogen and oxygen atoms in total. The average molecular weight is 247 g/mol. The zero-order chi connectivity index (χ0) is 12.4. The largest absolute Gasteiger partial charge is 0.308 e. The number of rotatable bonds is 4. The molecule has 1 aromatic rings. The normalized spacial score (nSPS) is 22.1. The van der Waals surface area contributed by atoms with Crippen LogP contribution in [-0.4, -0.2) is 47.0 Å². The van der Waals surface area contributed by atoms with Gasteiger partial charge in [-0.25, -0.2) is 10.8 Å². The first-order valence-electron chi connectivity index (χ1n) is 6.74. The molecule has 2 heterocycles. The highest BCUT2D eigenvalue weighted by Crippen LogP contribution is 2.27. The summed E-state index contributed by atoms with van der Waals surface area (Å²) in [7, 11) is 0. The molecule has 1 aromatic heterocycles. The van der Waals surface area contributed by atoms with Gasteiger partial charge in [-0.1, -0.05) is 6.07 Å². The van der Waals surface area contributed by atoms with E-state index >= 15 is 0 Å². The van der Waals surface area contributed by atoms with E-state index in [0.717, 1.165) is 37.2 Å². The molecule has 0 aromatic carbocycles. The van der Waals surface area contributed by atoms with E-state index in [1.54, 1.807) is 0 Å². The standard InChI is InChI=1S/C13H21N5/c14-16-13-3-1-2-11(15-13)10-17-6-8-18(9-7-17)12-4-5-12/h1-3,12H,4-10,14H2,(H,15,16). The molecule has 18 heavy (non-hydrogen) atoms. The lowest BCUT2D eigenvalue weighted by atomic mass is 10.2. The van der Waals surface area contributed by atoms with Gasteiger partial charge in [-0.15, -0.1) is 0 Å². The van der Waals surface area contributed by atoms with Crippen molar-refractivity contribution in [3.63, 3.8) is 0 Å². The minimum Gasteiger partial charge on any atom is -0.308 e. The fourth-order valence-corrected chi connectivity index (χ4v) is 2.60. The van der Waals surface area contributed by atoms with Crippen molar-refractivity contribution in [3.8, 4) is 0 Å². The highest BCUT2D eigenvalue weighted by molar-refractivity contribution is 5.33. The summed E-state index contributed by atoms with van der Waals surface area (Å²) in [5.74, 6) is 6.12. The van der Waals surface area contributed by atoms with Gasteiger partial charge in [-0.05, 0) is 25.0 Å². The van der Waals surface area contributed by atoms with Gasteiger partial charge in [-0.2, -0.15) is 0 Å². The number of anilines is 1. The molecule has 1 aliphatic carbocycles. The van der Waals surface area contributed by atoms with Crippen LogP contribution in [0.5, 0.6) is 0 Å². The molecule has 0 spiro atoms. The van der Waals surface area contributed by atoms with Crippen LogP contribution in [0.25, 0.3) is 0 Å². The maximum Gasteiger partial charge on any atom is 0.140 e. The van der Waals surface area contributed by atoms with E-state index in [0.29, 0.717) is 0 Å². The maximum atomic E-state index is 5.38. The summed E-state index contributed by atoms with van der Waals surface area (Å²) in [6, 6.07) is 6.84. The van der Waals surface area contributed by atoms with Crippen LogP contribution in [0.2, 0.25) is 0 Å². The lowest BCUT2D eigenvalue weighted by molar-refractivity contribution is 0.120. The van der Waals surface area contributed by atoms with E-state index < -0.39 is 0 Å². The molecule has 98 valence electrons. The van der Waals surface area contributed by atoms with Gasteiger partial charge in [0.2, 0.25) is 0 Å². The molecule has 0 atom stereocenters. The molecular formula is C13H21N5. The number of nitrogens with zero attached hydrogens (tertiary/aromatic N) is 3. The molecule has 2 aliphatic rings. The molecule has 2 fully saturated rings. The second kappa shape index (κ2) is 5.22. The first-order chi connectivity index (χ1) is 8.85. The number of hydrogen-bond acceptors (Lipinski definition) is 5. The first-order valence-corrected chi connectivity index (χ1v) is 6.74. The van der Waals surface area contributed by atoms with Crippen molar-refractivity contribution in [2.24, 2.45) is 5.84 Å². The maximum absolute atomic E-state index is 5.38. The zero-order valence-corrected chi connectivity index (χ0v) is 10.7. The van der Waals surface area contributed by atoms with Gasteiger partial charge in [0.1, 0.15) is 5.82 Å². The number of nitrogens with two attached hydrogens (primary N) is 1. The SMILES string of the molecule is NNc1cccc(CN2CCN(C3CC3)CC2)n1. The molecule has 0 radical (unpaired) electrons. The van der Waals surface area contributed by atoms with Gasteiger partial charge >= 0.3 is 0 Å². The smallest absolute Gasteiger partial charge is 0.140 e. The minimum atomic E-state index is 0.740. The van der Waals surface area contributed by atoms with E-state index in [4.69, 9.17) is 5.84 Å². The van der Waals surface area contributed by atoms with Gasteiger partial charge in [0.05, 0.1) is 5.69 Å². The van der Waals surface area contributed by atoms with Gasteiger partial charge in [-0.3, -0.25) is 9.80 Å². The van der Waals surface area contributed by atoms with Crippen molar-refractivity contribution in [1.82, 2.24) is 14.8 Å². The highest BCUT2D eigenvalue weighted by atomic mass is 15.3. The molecule has 1 aliphatic heterocycles. The molecule has 1 saturated heterocycles. The Morgan fingerprint density at radius 2 is 2.00 bits per heavy atom. The van der Waals surface area contributed by atoms with Crippen molar-refractivity contribution >= 4 is 5.82 Å². The summed E-state index contributed by atoms with van der Waals surface area (Å²) in [5, 5.41) is 0. The minimum absolute atomic E-state index is 0.740. The van der Waals surface area contributed by atoms with Gasteiger partial charge in [0, 0.05) is 38.8 Å². The Morgan fingerprint density at radius 1 is 1.22 bits per heavy atom. The van der Waals surface area contributed by atoms with Crippen LogP contribution in [0.1, 0.15) is 18.5 Å². The van der Waals surface area contributed by atoms with Crippen LogP contribution in [-0.2, 0) is 6.54 Å². The number of pyridine rings is 1. The second-order valence-corrected chi connectivity index (χ2v) is 5.20. The Labute approximate surface area is 108 Å². The van der Waals surface area contributed by atoms with Crippen molar-refractivity contribution in [2.45, 2.75) is 25.4 Å². The topological polar surface area (TPSA) is 57.4 Å². The van der Waals surface area contributed by atoms with E-state index in [-0.39, 0.29) is 0 Å². The van der Waals surface area contributed by atoms with Gasteiger partial charge < -0.3 is 5.43 Å². The number of aromatic nitrogens is 1. The Bertz CT molecular complexity index is 396. The first kappa shape index (κ1) is 11.9. The number of nitrogens with one attached hydrogen (secondary N) is 1. The quantitative estimate of drug-likeness (QED) is 0.604. The molecule has 3 N–H and O–H groups in total. The van der Waals surface area contributed by atoms with E-state index in [1.807, 2.05) is 12.1 Å². The van der Waals surface area contributed by atoms with Gasteiger partial charge in [0.15, 0.2) is 0 Å². The summed E-state index contributed by atoms with van der Waals surface area (Å²) >= 11 is 0. The predicted molar refractivity (Wildman–Crippen MR) is 71.9 cm³/mol. The monoisotopic (exact) mass is 247 g/mol. The van der Waals surface area contributed by atoms with E-state index in [1.165, 1.54) is 25.9 Å². The summed E-state index contributed by atoms with van der Waals surface area (Å²) in [4.78, 5) is 9.56. The number of hydrogen-bond donors (Lipinski definition) is 2. The molecule has 0 unspecified atom stereocenters. The summed E-state index contributed by atoms with van der Waals surface area (Å²) in [6.45, 7) is 5.64. The molecule has 0 bridgehead atoms. The lowest BCUT2D eigenvalue weighted by Gasteiger charge is -2.34. The Kier molecular flexibility index (Phi) is 3.45. The summed E-state index contributed by atoms with van der Waals surface area (Å²) < 4.78 is 0. The van der Waals surface area contributed by atoms with E-state index in [2.05, 4.69) is 26.3 Å². The van der Waals surface area contributed by atoms with Crippen molar-refractivity contribution in [2.75, 3.05) is 31.6 Å². The predicted octanol–water partition coefficient (Wildman–Crippen LogP) is 0.647. The number of nitrogen functional groups attached to an aromatic ring is 1. The van der Waals surface area contributed by atoms with Crippen molar-refractivity contribution < 1.29 is 0 Å². The number of hydrazine groups is 1. The van der Waals surface area contributed by atoms with E-state index in [9.17, 15) is 0 Å². The third-order valence-corrected chi connectivity index (χ3v) is 3.81. The lowest BCUT2D eigenvalue weighted by Crippen LogP contribution is -2.46.